The first-order valence-corrected chi connectivity index (χ1v) is 9.94. The van der Waals surface area contributed by atoms with Crippen LogP contribution < -0.4 is 25.6 Å². The number of rotatable bonds is 7. The topological polar surface area (TPSA) is 78.0 Å². The minimum atomic E-state index is 0. The number of nitrogens with zero attached hydrogens (tertiary/aromatic N) is 2. The number of nitrogens with one attached hydrogen (secondary N) is 3. The molecule has 1 heterocycles. The lowest BCUT2D eigenvalue weighted by Crippen LogP contribution is -2.47. The van der Waals surface area contributed by atoms with Gasteiger partial charge in [0.2, 0.25) is 5.91 Å². The van der Waals surface area contributed by atoms with E-state index >= 15 is 0 Å². The zero-order valence-corrected chi connectivity index (χ0v) is 19.8. The lowest BCUT2D eigenvalue weighted by molar-refractivity contribution is -0.120. The largest absolute Gasteiger partial charge is 0.496 e. The maximum absolute atomic E-state index is 11.6. The van der Waals surface area contributed by atoms with Gasteiger partial charge in [-0.2, -0.15) is 0 Å². The Hall–Kier alpha value is -2.49. The molecule has 0 saturated carbocycles. The third-order valence-corrected chi connectivity index (χ3v) is 4.74. The molecule has 30 heavy (non-hydrogen) atoms. The highest BCUT2D eigenvalue weighted by atomic mass is 127. The lowest BCUT2D eigenvalue weighted by Gasteiger charge is -2.28. The van der Waals surface area contributed by atoms with Gasteiger partial charge in [0, 0.05) is 37.4 Å². The molecule has 1 aliphatic rings. The summed E-state index contributed by atoms with van der Waals surface area (Å²) in [6.07, 6.45) is 0. The number of amides is 1. The quantitative estimate of drug-likeness (QED) is 0.296. The van der Waals surface area contributed by atoms with Gasteiger partial charge < -0.3 is 25.6 Å². The highest BCUT2D eigenvalue weighted by Gasteiger charge is 2.16. The molecule has 0 aromatic heterocycles. The van der Waals surface area contributed by atoms with Crippen LogP contribution in [0.15, 0.2) is 53.5 Å². The van der Waals surface area contributed by atoms with Crippen LogP contribution in [0.25, 0.3) is 0 Å². The van der Waals surface area contributed by atoms with E-state index in [1.54, 1.807) is 7.11 Å². The number of carbonyl (C=O) groups excluding carboxylic acids is 1. The monoisotopic (exact) mass is 523 g/mol. The van der Waals surface area contributed by atoms with Crippen LogP contribution in [0, 0.1) is 0 Å². The minimum Gasteiger partial charge on any atom is -0.496 e. The van der Waals surface area contributed by atoms with E-state index in [0.29, 0.717) is 26.2 Å². The van der Waals surface area contributed by atoms with Crippen LogP contribution in [0.4, 0.5) is 5.69 Å². The highest BCUT2D eigenvalue weighted by molar-refractivity contribution is 14.0. The van der Waals surface area contributed by atoms with E-state index in [0.717, 1.165) is 41.6 Å². The van der Waals surface area contributed by atoms with Crippen LogP contribution >= 0.6 is 24.0 Å². The Bertz CT molecular complexity index is 842. The molecule has 0 bridgehead atoms. The molecule has 0 aliphatic carbocycles. The van der Waals surface area contributed by atoms with Gasteiger partial charge in [0.15, 0.2) is 5.96 Å². The molecule has 1 amide bonds. The van der Waals surface area contributed by atoms with Crippen molar-refractivity contribution in [2.24, 2.45) is 4.99 Å². The maximum atomic E-state index is 11.6. The fourth-order valence-electron chi connectivity index (χ4n) is 3.21. The van der Waals surface area contributed by atoms with Crippen LogP contribution in [0.2, 0.25) is 0 Å². The van der Waals surface area contributed by atoms with Crippen LogP contribution in [0.5, 0.6) is 5.75 Å². The summed E-state index contributed by atoms with van der Waals surface area (Å²) < 4.78 is 5.41. The minimum absolute atomic E-state index is 0. The van der Waals surface area contributed by atoms with Gasteiger partial charge in [-0.3, -0.25) is 4.79 Å². The van der Waals surface area contributed by atoms with Crippen LogP contribution in [0.3, 0.4) is 0 Å². The molecule has 8 heteroatoms. The van der Waals surface area contributed by atoms with Gasteiger partial charge in [0.1, 0.15) is 5.75 Å². The second-order valence-corrected chi connectivity index (χ2v) is 6.80. The van der Waals surface area contributed by atoms with Gasteiger partial charge in [-0.25, -0.2) is 4.99 Å². The molecule has 0 atom stereocenters. The van der Waals surface area contributed by atoms with Crippen LogP contribution in [-0.4, -0.2) is 45.2 Å². The molecule has 0 unspecified atom stereocenters. The molecule has 0 radical (unpaired) electrons. The number of hydrogen-bond donors (Lipinski definition) is 3. The predicted octanol–water partition coefficient (Wildman–Crippen LogP) is 2.50. The molecule has 3 N–H and O–H groups in total. The molecule has 2 aromatic carbocycles. The summed E-state index contributed by atoms with van der Waals surface area (Å²) in [6, 6.07) is 16.2. The van der Waals surface area contributed by atoms with E-state index in [9.17, 15) is 4.79 Å². The number of aliphatic imine (C=N–C) groups is 1. The first kappa shape index (κ1) is 23.8. The molecule has 2 aromatic rings. The summed E-state index contributed by atoms with van der Waals surface area (Å²) in [7, 11) is 1.68. The van der Waals surface area contributed by atoms with E-state index in [1.807, 2.05) is 31.2 Å². The predicted molar refractivity (Wildman–Crippen MR) is 132 cm³/mol. The van der Waals surface area contributed by atoms with Gasteiger partial charge >= 0.3 is 0 Å². The zero-order valence-electron chi connectivity index (χ0n) is 17.5. The molecular formula is C22H30IN5O2. The van der Waals surface area contributed by atoms with Gasteiger partial charge in [-0.15, -0.1) is 24.0 Å². The standard InChI is InChI=1S/C22H29N5O2.HI/c1-3-23-22(26-15-18-6-4-5-7-20(18)29-2)25-14-17-8-10-19(11-9-17)27-13-12-24-21(28)16-27;/h4-11H,3,12-16H2,1-2H3,(H,24,28)(H2,23,25,26);1H. The van der Waals surface area contributed by atoms with E-state index in [2.05, 4.69) is 50.1 Å². The normalized spacial score (nSPS) is 13.9. The highest BCUT2D eigenvalue weighted by Crippen LogP contribution is 2.17. The first-order valence-electron chi connectivity index (χ1n) is 9.94. The Morgan fingerprint density at radius 2 is 1.93 bits per heavy atom. The molecule has 1 fully saturated rings. The Morgan fingerprint density at radius 1 is 1.17 bits per heavy atom. The Balaban J connectivity index is 0.00000320. The van der Waals surface area contributed by atoms with Crippen molar-refractivity contribution in [2.45, 2.75) is 20.0 Å². The Morgan fingerprint density at radius 3 is 2.63 bits per heavy atom. The number of anilines is 1. The van der Waals surface area contributed by atoms with Gasteiger partial charge in [0.05, 0.1) is 20.2 Å². The number of benzene rings is 2. The number of para-hydroxylation sites is 1. The van der Waals surface area contributed by atoms with E-state index < -0.39 is 0 Å². The molecule has 1 saturated heterocycles. The van der Waals surface area contributed by atoms with Gasteiger partial charge in [-0.1, -0.05) is 30.3 Å². The maximum Gasteiger partial charge on any atom is 0.239 e. The van der Waals surface area contributed by atoms with Gasteiger partial charge in [-0.05, 0) is 30.7 Å². The number of guanidine groups is 1. The third kappa shape index (κ3) is 6.79. The third-order valence-electron chi connectivity index (χ3n) is 4.74. The van der Waals surface area contributed by atoms with Gasteiger partial charge in [0.25, 0.3) is 0 Å². The summed E-state index contributed by atoms with van der Waals surface area (Å²) in [4.78, 5) is 18.3. The summed E-state index contributed by atoms with van der Waals surface area (Å²) in [5.74, 6) is 1.69. The van der Waals surface area contributed by atoms with E-state index in [4.69, 9.17) is 4.74 Å². The van der Waals surface area contributed by atoms with E-state index in [-0.39, 0.29) is 29.9 Å². The molecular weight excluding hydrogens is 493 g/mol. The molecule has 3 rings (SSSR count). The van der Waals surface area contributed by atoms with Crippen molar-refractivity contribution in [3.8, 4) is 5.75 Å². The number of methoxy groups -OCH3 is 1. The molecule has 1 aliphatic heterocycles. The van der Waals surface area contributed by atoms with Crippen LogP contribution in [-0.2, 0) is 17.9 Å². The average Bonchev–Trinajstić information content (AvgIpc) is 2.76. The second-order valence-electron chi connectivity index (χ2n) is 6.80. The second kappa shape index (κ2) is 12.3. The van der Waals surface area contributed by atoms with Crippen molar-refractivity contribution in [3.63, 3.8) is 0 Å². The Kier molecular flexibility index (Phi) is 9.72. The zero-order chi connectivity index (χ0) is 20.5. The lowest BCUT2D eigenvalue weighted by atomic mass is 10.2. The molecule has 0 spiro atoms. The SMILES string of the molecule is CCNC(=NCc1ccc(N2CCNC(=O)C2)cc1)NCc1ccccc1OC.I. The fourth-order valence-corrected chi connectivity index (χ4v) is 3.21. The van der Waals surface area contributed by atoms with E-state index in [1.165, 1.54) is 0 Å². The van der Waals surface area contributed by atoms with Crippen molar-refractivity contribution in [1.29, 1.82) is 0 Å². The summed E-state index contributed by atoms with van der Waals surface area (Å²) in [5.41, 5.74) is 3.26. The number of ether oxygens (including phenoxy) is 1. The summed E-state index contributed by atoms with van der Waals surface area (Å²) in [6.45, 7) is 5.97. The number of carbonyl (C=O) groups is 1. The first-order chi connectivity index (χ1) is 14.2. The average molecular weight is 523 g/mol. The summed E-state index contributed by atoms with van der Waals surface area (Å²) >= 11 is 0. The molecule has 7 nitrogen and oxygen atoms in total. The number of halogens is 1. The Labute approximate surface area is 195 Å². The number of piperazine rings is 1. The molecule has 162 valence electrons. The smallest absolute Gasteiger partial charge is 0.239 e. The van der Waals surface area contributed by atoms with Crippen molar-refractivity contribution >= 4 is 41.5 Å². The fraction of sp³-hybridized carbons (Fsp3) is 0.364. The van der Waals surface area contributed by atoms with Crippen molar-refractivity contribution in [2.75, 3.05) is 38.2 Å². The van der Waals surface area contributed by atoms with Crippen LogP contribution in [0.1, 0.15) is 18.1 Å². The number of hydrogen-bond acceptors (Lipinski definition) is 4. The van der Waals surface area contributed by atoms with Crippen molar-refractivity contribution < 1.29 is 9.53 Å². The summed E-state index contributed by atoms with van der Waals surface area (Å²) in [5, 5.41) is 9.48. The van der Waals surface area contributed by atoms with Crippen molar-refractivity contribution in [3.05, 3.63) is 59.7 Å². The van der Waals surface area contributed by atoms with Crippen molar-refractivity contribution in [1.82, 2.24) is 16.0 Å².